The number of hydrogen-bond acceptors (Lipinski definition) is 5. The van der Waals surface area contributed by atoms with Crippen LogP contribution in [0.4, 0.5) is 0 Å². The number of nitrogens with zero attached hydrogens (tertiary/aromatic N) is 1. The molecule has 29 heavy (non-hydrogen) atoms. The van der Waals surface area contributed by atoms with Crippen molar-refractivity contribution in [1.29, 1.82) is 0 Å². The van der Waals surface area contributed by atoms with E-state index in [0.29, 0.717) is 31.4 Å². The first kappa shape index (κ1) is 19.7. The number of ether oxygens (including phenoxy) is 3. The first-order valence-electron chi connectivity index (χ1n) is 10.8. The third-order valence-corrected chi connectivity index (χ3v) is 5.67. The van der Waals surface area contributed by atoms with Gasteiger partial charge in [0.2, 0.25) is 5.88 Å². The van der Waals surface area contributed by atoms with E-state index in [9.17, 15) is 4.79 Å². The van der Waals surface area contributed by atoms with Crippen LogP contribution in [0.1, 0.15) is 57.4 Å². The minimum absolute atomic E-state index is 0.0685. The average Bonchev–Trinajstić information content (AvgIpc) is 3.25. The fourth-order valence-corrected chi connectivity index (χ4v) is 4.14. The molecule has 0 bridgehead atoms. The normalized spacial score (nSPS) is 18.7. The summed E-state index contributed by atoms with van der Waals surface area (Å²) in [5, 5.41) is 0. The van der Waals surface area contributed by atoms with Crippen LogP contribution in [-0.4, -0.2) is 29.8 Å². The van der Waals surface area contributed by atoms with E-state index < -0.39 is 0 Å². The average molecular weight is 395 g/mol. The van der Waals surface area contributed by atoms with E-state index in [1.807, 2.05) is 37.3 Å². The second kappa shape index (κ2) is 9.29. The summed E-state index contributed by atoms with van der Waals surface area (Å²) in [6, 6.07) is 12.2. The lowest BCUT2D eigenvalue weighted by Gasteiger charge is -2.26. The number of benzene rings is 1. The summed E-state index contributed by atoms with van der Waals surface area (Å²) in [5.41, 5.74) is 3.20. The standard InChI is InChI=1S/C24H29NO4/c1-2-27-24(26)15-13-20-12-10-18-16-17(11-14-22(18)28-20)21-8-5-9-23(25-21)29-19-6-3-4-7-19/h5,8-9,11,14,16,19-20H,2-4,6-7,10,12-13,15H2,1H3. The van der Waals surface area contributed by atoms with E-state index in [2.05, 4.69) is 6.07 Å². The highest BCUT2D eigenvalue weighted by Gasteiger charge is 2.22. The molecule has 1 unspecified atom stereocenters. The third kappa shape index (κ3) is 5.08. The molecule has 1 atom stereocenters. The van der Waals surface area contributed by atoms with Gasteiger partial charge in [-0.05, 0) is 81.7 Å². The summed E-state index contributed by atoms with van der Waals surface area (Å²) >= 11 is 0. The smallest absolute Gasteiger partial charge is 0.305 e. The van der Waals surface area contributed by atoms with E-state index in [1.165, 1.54) is 18.4 Å². The molecule has 1 fully saturated rings. The molecule has 154 valence electrons. The van der Waals surface area contributed by atoms with Crippen LogP contribution in [0.3, 0.4) is 0 Å². The van der Waals surface area contributed by atoms with Crippen LogP contribution in [0, 0.1) is 0 Å². The zero-order chi connectivity index (χ0) is 20.1. The van der Waals surface area contributed by atoms with Gasteiger partial charge in [-0.1, -0.05) is 6.07 Å². The molecular formula is C24H29NO4. The van der Waals surface area contributed by atoms with E-state index in [-0.39, 0.29) is 12.1 Å². The summed E-state index contributed by atoms with van der Waals surface area (Å²) < 4.78 is 17.2. The summed E-state index contributed by atoms with van der Waals surface area (Å²) in [6.07, 6.45) is 8.07. The molecule has 5 nitrogen and oxygen atoms in total. The Labute approximate surface area is 172 Å². The van der Waals surface area contributed by atoms with Gasteiger partial charge in [0.15, 0.2) is 0 Å². The summed E-state index contributed by atoms with van der Waals surface area (Å²) in [6.45, 7) is 2.26. The highest BCUT2D eigenvalue weighted by Crippen LogP contribution is 2.33. The summed E-state index contributed by atoms with van der Waals surface area (Å²) in [5.74, 6) is 1.47. The molecule has 0 radical (unpaired) electrons. The van der Waals surface area contributed by atoms with Gasteiger partial charge in [-0.25, -0.2) is 4.98 Å². The predicted molar refractivity (Wildman–Crippen MR) is 111 cm³/mol. The Morgan fingerprint density at radius 2 is 2.03 bits per heavy atom. The molecule has 2 heterocycles. The maximum Gasteiger partial charge on any atom is 0.305 e. The Kier molecular flexibility index (Phi) is 6.33. The summed E-state index contributed by atoms with van der Waals surface area (Å²) in [4.78, 5) is 16.3. The van der Waals surface area contributed by atoms with Crippen molar-refractivity contribution in [1.82, 2.24) is 4.98 Å². The highest BCUT2D eigenvalue weighted by atomic mass is 16.5. The first-order chi connectivity index (χ1) is 14.2. The molecule has 1 aromatic carbocycles. The fraction of sp³-hybridized carbons (Fsp3) is 0.500. The Hall–Kier alpha value is -2.56. The first-order valence-corrected chi connectivity index (χ1v) is 10.8. The third-order valence-electron chi connectivity index (χ3n) is 5.67. The van der Waals surface area contributed by atoms with Crippen LogP contribution in [0.2, 0.25) is 0 Å². The second-order valence-electron chi connectivity index (χ2n) is 7.83. The van der Waals surface area contributed by atoms with Crippen LogP contribution < -0.4 is 9.47 Å². The van der Waals surface area contributed by atoms with Crippen molar-refractivity contribution in [3.05, 3.63) is 42.0 Å². The van der Waals surface area contributed by atoms with Gasteiger partial charge in [-0.15, -0.1) is 0 Å². The van der Waals surface area contributed by atoms with E-state index in [4.69, 9.17) is 19.2 Å². The van der Waals surface area contributed by atoms with Gasteiger partial charge in [0.1, 0.15) is 11.9 Å². The van der Waals surface area contributed by atoms with Gasteiger partial charge in [0, 0.05) is 18.1 Å². The van der Waals surface area contributed by atoms with Crippen LogP contribution in [0.25, 0.3) is 11.3 Å². The Morgan fingerprint density at radius 3 is 2.86 bits per heavy atom. The summed E-state index contributed by atoms with van der Waals surface area (Å²) in [7, 11) is 0. The second-order valence-corrected chi connectivity index (χ2v) is 7.83. The van der Waals surface area contributed by atoms with Crippen molar-refractivity contribution < 1.29 is 19.0 Å². The molecule has 5 heteroatoms. The molecule has 1 aromatic heterocycles. The lowest BCUT2D eigenvalue weighted by Crippen LogP contribution is -2.24. The minimum atomic E-state index is -0.150. The maximum absolute atomic E-state index is 11.6. The van der Waals surface area contributed by atoms with Crippen molar-refractivity contribution in [2.75, 3.05) is 6.61 Å². The fourth-order valence-electron chi connectivity index (χ4n) is 4.14. The van der Waals surface area contributed by atoms with Crippen LogP contribution in [0.5, 0.6) is 11.6 Å². The molecule has 1 aliphatic heterocycles. The zero-order valence-electron chi connectivity index (χ0n) is 17.1. The monoisotopic (exact) mass is 395 g/mol. The molecule has 0 spiro atoms. The number of esters is 1. The van der Waals surface area contributed by atoms with Gasteiger partial charge < -0.3 is 14.2 Å². The molecule has 1 saturated carbocycles. The number of aryl methyl sites for hydroxylation is 1. The van der Waals surface area contributed by atoms with Crippen LogP contribution in [-0.2, 0) is 16.0 Å². The number of carbonyl (C=O) groups excluding carboxylic acids is 1. The molecule has 4 rings (SSSR count). The number of rotatable bonds is 7. The predicted octanol–water partition coefficient (Wildman–Crippen LogP) is 5.11. The van der Waals surface area contributed by atoms with Gasteiger partial charge in [-0.3, -0.25) is 4.79 Å². The number of fused-ring (bicyclic) bond motifs is 1. The van der Waals surface area contributed by atoms with Gasteiger partial charge in [0.05, 0.1) is 18.4 Å². The molecule has 0 N–H and O–H groups in total. The lowest BCUT2D eigenvalue weighted by molar-refractivity contribution is -0.143. The molecular weight excluding hydrogens is 366 g/mol. The molecule has 0 saturated heterocycles. The number of aromatic nitrogens is 1. The largest absolute Gasteiger partial charge is 0.490 e. The van der Waals surface area contributed by atoms with Crippen molar-refractivity contribution in [3.8, 4) is 22.9 Å². The van der Waals surface area contributed by atoms with Crippen molar-refractivity contribution in [2.45, 2.75) is 70.5 Å². The van der Waals surface area contributed by atoms with Crippen LogP contribution >= 0.6 is 0 Å². The Balaban J connectivity index is 1.41. The Morgan fingerprint density at radius 1 is 1.17 bits per heavy atom. The zero-order valence-corrected chi connectivity index (χ0v) is 17.1. The molecule has 2 aliphatic rings. The minimum Gasteiger partial charge on any atom is -0.490 e. The van der Waals surface area contributed by atoms with Crippen LogP contribution in [0.15, 0.2) is 36.4 Å². The Bertz CT molecular complexity index is 845. The number of pyridine rings is 1. The van der Waals surface area contributed by atoms with Crippen molar-refractivity contribution in [3.63, 3.8) is 0 Å². The van der Waals surface area contributed by atoms with Crippen molar-refractivity contribution in [2.24, 2.45) is 0 Å². The number of carbonyl (C=O) groups is 1. The quantitative estimate of drug-likeness (QED) is 0.610. The number of hydrogen-bond donors (Lipinski definition) is 0. The molecule has 0 amide bonds. The van der Waals surface area contributed by atoms with Crippen molar-refractivity contribution >= 4 is 5.97 Å². The maximum atomic E-state index is 11.6. The van der Waals surface area contributed by atoms with E-state index in [1.54, 1.807) is 0 Å². The molecule has 1 aliphatic carbocycles. The van der Waals surface area contributed by atoms with Gasteiger partial charge >= 0.3 is 5.97 Å². The topological polar surface area (TPSA) is 57.7 Å². The molecule has 2 aromatic rings. The van der Waals surface area contributed by atoms with E-state index in [0.717, 1.165) is 42.7 Å². The van der Waals surface area contributed by atoms with Gasteiger partial charge in [0.25, 0.3) is 0 Å². The lowest BCUT2D eigenvalue weighted by atomic mass is 9.97. The SMILES string of the molecule is CCOC(=O)CCC1CCc2cc(-c3cccc(OC4CCCC4)n3)ccc2O1. The highest BCUT2D eigenvalue weighted by molar-refractivity contribution is 5.69. The van der Waals surface area contributed by atoms with Gasteiger partial charge in [-0.2, -0.15) is 0 Å². The van der Waals surface area contributed by atoms with E-state index >= 15 is 0 Å².